The van der Waals surface area contributed by atoms with Gasteiger partial charge in [-0.15, -0.1) is 0 Å². The minimum atomic E-state index is -2.98. The van der Waals surface area contributed by atoms with Crippen LogP contribution in [0.4, 0.5) is 4.39 Å². The standard InChI is InChI=1S/C11H13FO2/c1-7(2)10(11(13)14)8-3-5-9(12)6-4-8/h3-7,10H,1-2H3,(H,13,14)/i1D3,7D,10D. The molecule has 0 aliphatic heterocycles. The molecule has 0 radical (unpaired) electrons. The van der Waals surface area contributed by atoms with Crippen LogP contribution in [-0.2, 0) is 4.79 Å². The van der Waals surface area contributed by atoms with Crippen LogP contribution in [0.1, 0.15) is 32.1 Å². The highest BCUT2D eigenvalue weighted by molar-refractivity contribution is 5.76. The SMILES string of the molecule is [2H]C([2H])([2H])C([2H])(C)C([2H])(C(=O)O)c1ccc(F)cc1. The van der Waals surface area contributed by atoms with Gasteiger partial charge in [0, 0.05) is 6.85 Å². The summed E-state index contributed by atoms with van der Waals surface area (Å²) in [6, 6.07) is 3.87. The Morgan fingerprint density at radius 3 is 2.57 bits per heavy atom. The molecule has 0 fully saturated rings. The fourth-order valence-corrected chi connectivity index (χ4v) is 1.12. The molecule has 2 unspecified atom stereocenters. The number of hydrogen-bond acceptors (Lipinski definition) is 1. The van der Waals surface area contributed by atoms with Gasteiger partial charge in [-0.3, -0.25) is 4.79 Å². The maximum atomic E-state index is 12.8. The lowest BCUT2D eigenvalue weighted by Gasteiger charge is -2.16. The molecule has 0 aliphatic rings. The van der Waals surface area contributed by atoms with Gasteiger partial charge in [0.2, 0.25) is 0 Å². The Labute approximate surface area is 89.4 Å². The molecular formula is C11H13FO2. The summed E-state index contributed by atoms with van der Waals surface area (Å²) in [5.41, 5.74) is -0.255. The van der Waals surface area contributed by atoms with E-state index in [9.17, 15) is 14.3 Å². The first kappa shape index (κ1) is 5.49. The van der Waals surface area contributed by atoms with Crippen molar-refractivity contribution in [2.45, 2.75) is 19.7 Å². The third kappa shape index (κ3) is 2.31. The molecule has 0 aliphatic carbocycles. The number of carboxylic acids is 1. The minimum Gasteiger partial charge on any atom is -0.481 e. The van der Waals surface area contributed by atoms with E-state index in [0.717, 1.165) is 31.2 Å². The van der Waals surface area contributed by atoms with Crippen molar-refractivity contribution in [3.8, 4) is 0 Å². The Kier molecular flexibility index (Phi) is 1.65. The van der Waals surface area contributed by atoms with Crippen molar-refractivity contribution in [1.82, 2.24) is 0 Å². The fourth-order valence-electron chi connectivity index (χ4n) is 1.12. The third-order valence-electron chi connectivity index (χ3n) is 1.72. The van der Waals surface area contributed by atoms with Crippen LogP contribution in [0.3, 0.4) is 0 Å². The van der Waals surface area contributed by atoms with Crippen molar-refractivity contribution in [2.24, 2.45) is 5.89 Å². The zero-order chi connectivity index (χ0) is 15.1. The summed E-state index contributed by atoms with van der Waals surface area (Å²) in [6.45, 7) is -2.12. The molecule has 2 atom stereocenters. The molecule has 1 aromatic carbocycles. The van der Waals surface area contributed by atoms with Gasteiger partial charge in [0.15, 0.2) is 0 Å². The summed E-state index contributed by atoms with van der Waals surface area (Å²) in [7, 11) is 0. The van der Waals surface area contributed by atoms with E-state index in [4.69, 9.17) is 6.85 Å². The van der Waals surface area contributed by atoms with Gasteiger partial charge in [-0.2, -0.15) is 0 Å². The molecule has 0 spiro atoms. The second-order valence-corrected chi connectivity index (χ2v) is 2.81. The smallest absolute Gasteiger partial charge is 0.311 e. The first-order valence-corrected chi connectivity index (χ1v) is 3.94. The topological polar surface area (TPSA) is 37.3 Å². The first-order valence-electron chi connectivity index (χ1n) is 6.44. The molecule has 0 saturated heterocycles. The van der Waals surface area contributed by atoms with Crippen LogP contribution in [0.25, 0.3) is 0 Å². The van der Waals surface area contributed by atoms with Gasteiger partial charge in [-0.05, 0) is 23.6 Å². The molecule has 76 valence electrons. The van der Waals surface area contributed by atoms with E-state index in [1.807, 2.05) is 0 Å². The van der Waals surface area contributed by atoms with Crippen molar-refractivity contribution in [1.29, 1.82) is 0 Å². The van der Waals surface area contributed by atoms with Crippen molar-refractivity contribution < 1.29 is 21.1 Å². The Morgan fingerprint density at radius 1 is 1.57 bits per heavy atom. The summed E-state index contributed by atoms with van der Waals surface area (Å²) in [5, 5.41) is 9.20. The molecule has 14 heavy (non-hydrogen) atoms. The van der Waals surface area contributed by atoms with Gasteiger partial charge in [-0.1, -0.05) is 25.9 Å². The number of hydrogen-bond donors (Lipinski definition) is 1. The average Bonchev–Trinajstić information content (AvgIpc) is 2.26. The average molecular weight is 201 g/mol. The Hall–Kier alpha value is -1.38. The highest BCUT2D eigenvalue weighted by Gasteiger charge is 2.23. The van der Waals surface area contributed by atoms with E-state index in [-0.39, 0.29) is 5.56 Å². The predicted molar refractivity (Wildman–Crippen MR) is 51.6 cm³/mol. The molecule has 0 saturated carbocycles. The lowest BCUT2D eigenvalue weighted by atomic mass is 9.89. The van der Waals surface area contributed by atoms with E-state index in [2.05, 4.69) is 0 Å². The molecule has 1 rings (SSSR count). The molecule has 2 nitrogen and oxygen atoms in total. The van der Waals surface area contributed by atoms with Gasteiger partial charge in [-0.25, -0.2) is 4.39 Å². The van der Waals surface area contributed by atoms with Crippen molar-refractivity contribution in [3.05, 3.63) is 35.6 Å². The maximum Gasteiger partial charge on any atom is 0.311 e. The van der Waals surface area contributed by atoms with Crippen LogP contribution in [0.2, 0.25) is 0 Å². The molecule has 0 aromatic heterocycles. The highest BCUT2D eigenvalue weighted by Crippen LogP contribution is 2.24. The second-order valence-electron chi connectivity index (χ2n) is 2.81. The molecule has 0 bridgehead atoms. The highest BCUT2D eigenvalue weighted by atomic mass is 19.1. The van der Waals surface area contributed by atoms with Crippen LogP contribution < -0.4 is 0 Å². The fraction of sp³-hybridized carbons (Fsp3) is 0.364. The van der Waals surface area contributed by atoms with Crippen molar-refractivity contribution in [2.75, 3.05) is 0 Å². The molecule has 0 heterocycles. The number of carboxylic acid groups (broad SMARTS) is 1. The molecule has 1 aromatic rings. The summed E-state index contributed by atoms with van der Waals surface area (Å²) < 4.78 is 50.4. The van der Waals surface area contributed by atoms with Crippen molar-refractivity contribution in [3.63, 3.8) is 0 Å². The van der Waals surface area contributed by atoms with Crippen molar-refractivity contribution >= 4 is 5.97 Å². The largest absolute Gasteiger partial charge is 0.481 e. The Bertz CT molecular complexity index is 483. The predicted octanol–water partition coefficient (Wildman–Crippen LogP) is 2.65. The van der Waals surface area contributed by atoms with E-state index < -0.39 is 30.4 Å². The lowest BCUT2D eigenvalue weighted by Crippen LogP contribution is -2.17. The number of rotatable bonds is 3. The third-order valence-corrected chi connectivity index (χ3v) is 1.72. The first-order chi connectivity index (χ1) is 8.44. The van der Waals surface area contributed by atoms with Crippen LogP contribution in [0.5, 0.6) is 0 Å². The number of aliphatic carboxylic acids is 1. The van der Waals surface area contributed by atoms with Gasteiger partial charge in [0.05, 0.1) is 5.89 Å². The Balaban J connectivity index is 3.50. The van der Waals surface area contributed by atoms with Gasteiger partial charge in [0.25, 0.3) is 0 Å². The summed E-state index contributed by atoms with van der Waals surface area (Å²) >= 11 is 0. The summed E-state index contributed by atoms with van der Waals surface area (Å²) in [5.74, 6) is -7.74. The van der Waals surface area contributed by atoms with Crippen LogP contribution >= 0.6 is 0 Å². The monoisotopic (exact) mass is 201 g/mol. The van der Waals surface area contributed by atoms with Crippen LogP contribution in [-0.4, -0.2) is 11.1 Å². The van der Waals surface area contributed by atoms with E-state index in [1.54, 1.807) is 0 Å². The zero-order valence-electron chi connectivity index (χ0n) is 12.5. The number of halogens is 1. The summed E-state index contributed by atoms with van der Waals surface area (Å²) in [4.78, 5) is 11.3. The zero-order valence-corrected chi connectivity index (χ0v) is 7.54. The van der Waals surface area contributed by atoms with Crippen LogP contribution in [0.15, 0.2) is 24.3 Å². The second kappa shape index (κ2) is 4.22. The Morgan fingerprint density at radius 2 is 2.14 bits per heavy atom. The minimum absolute atomic E-state index is 0.255. The van der Waals surface area contributed by atoms with Crippen LogP contribution in [0, 0.1) is 11.7 Å². The number of benzene rings is 1. The van der Waals surface area contributed by atoms with E-state index >= 15 is 0 Å². The molecule has 0 amide bonds. The van der Waals surface area contributed by atoms with E-state index in [1.165, 1.54) is 0 Å². The lowest BCUT2D eigenvalue weighted by molar-refractivity contribution is -0.139. The summed E-state index contributed by atoms with van der Waals surface area (Å²) in [6.07, 6.45) is 0. The van der Waals surface area contributed by atoms with Gasteiger partial charge >= 0.3 is 5.97 Å². The van der Waals surface area contributed by atoms with E-state index in [0.29, 0.717) is 0 Å². The molecule has 3 heteroatoms. The normalized spacial score (nSPS) is 25.4. The molecular weight excluding hydrogens is 183 g/mol. The quantitative estimate of drug-likeness (QED) is 0.816. The maximum absolute atomic E-state index is 12.8. The molecule has 1 N–H and O–H groups in total. The number of carbonyl (C=O) groups is 1. The van der Waals surface area contributed by atoms with Gasteiger partial charge < -0.3 is 5.11 Å². The van der Waals surface area contributed by atoms with Gasteiger partial charge in [0.1, 0.15) is 5.82 Å².